The molecule has 1 aromatic carbocycles. The van der Waals surface area contributed by atoms with E-state index in [4.69, 9.17) is 4.74 Å². The van der Waals surface area contributed by atoms with Gasteiger partial charge in [-0.3, -0.25) is 9.59 Å². The fraction of sp³-hybridized carbons (Fsp3) is 0.391. The van der Waals surface area contributed by atoms with Crippen molar-refractivity contribution in [2.75, 3.05) is 6.54 Å². The lowest BCUT2D eigenvalue weighted by atomic mass is 10.1. The fourth-order valence-corrected chi connectivity index (χ4v) is 3.98. The zero-order valence-electron chi connectivity index (χ0n) is 17.4. The molecule has 2 heterocycles. The van der Waals surface area contributed by atoms with Gasteiger partial charge in [-0.15, -0.1) is 0 Å². The molecule has 3 N–H and O–H groups in total. The van der Waals surface area contributed by atoms with Gasteiger partial charge in [0.05, 0.1) is 17.8 Å². The summed E-state index contributed by atoms with van der Waals surface area (Å²) in [5, 5.41) is 6.03. The Morgan fingerprint density at radius 3 is 2.94 bits per heavy atom. The minimum absolute atomic E-state index is 0.0266. The number of nitrogens with one attached hydrogen (secondary N) is 3. The molecule has 160 valence electrons. The summed E-state index contributed by atoms with van der Waals surface area (Å²) in [6, 6.07) is 5.94. The van der Waals surface area contributed by atoms with Crippen molar-refractivity contribution in [2.45, 2.75) is 45.1 Å². The number of rotatable bonds is 7. The smallest absolute Gasteiger partial charge is 0.255 e. The van der Waals surface area contributed by atoms with Gasteiger partial charge in [-0.2, -0.15) is 0 Å². The summed E-state index contributed by atoms with van der Waals surface area (Å²) in [5.41, 5.74) is 3.78. The van der Waals surface area contributed by atoms with Crippen molar-refractivity contribution in [1.82, 2.24) is 25.6 Å². The Bertz CT molecular complexity index is 1150. The van der Waals surface area contributed by atoms with Crippen molar-refractivity contribution in [2.24, 2.45) is 5.92 Å². The summed E-state index contributed by atoms with van der Waals surface area (Å²) in [6.07, 6.45) is 7.84. The molecule has 1 fully saturated rings. The second kappa shape index (κ2) is 8.02. The van der Waals surface area contributed by atoms with E-state index in [9.17, 15) is 9.59 Å². The van der Waals surface area contributed by atoms with Crippen molar-refractivity contribution >= 4 is 23.0 Å². The summed E-state index contributed by atoms with van der Waals surface area (Å²) in [7, 11) is 0. The number of aromatic amines is 1. The quantitative estimate of drug-likeness (QED) is 0.544. The van der Waals surface area contributed by atoms with Crippen molar-refractivity contribution in [1.29, 1.82) is 0 Å². The van der Waals surface area contributed by atoms with Crippen LogP contribution in [0.25, 0.3) is 11.2 Å². The highest BCUT2D eigenvalue weighted by atomic mass is 16.5. The lowest BCUT2D eigenvalue weighted by Gasteiger charge is -2.15. The second-order valence-corrected chi connectivity index (χ2v) is 8.20. The van der Waals surface area contributed by atoms with Crippen molar-refractivity contribution in [3.05, 3.63) is 47.3 Å². The van der Waals surface area contributed by atoms with Crippen molar-refractivity contribution in [3.8, 4) is 11.6 Å². The van der Waals surface area contributed by atoms with Crippen LogP contribution >= 0.6 is 0 Å². The maximum absolute atomic E-state index is 12.4. The SMILES string of the molecule is CCCNC(=O)c1c[nH]c2ncc(Oc3ccc4c(c3)[C@H](NC(=O)C3CC3)CC4)nc12. The molecule has 1 saturated carbocycles. The third-order valence-corrected chi connectivity index (χ3v) is 5.82. The number of amides is 2. The van der Waals surface area contributed by atoms with Crippen LogP contribution in [0, 0.1) is 5.92 Å². The molecule has 0 spiro atoms. The highest BCUT2D eigenvalue weighted by molar-refractivity contribution is 6.04. The molecule has 0 unspecified atom stereocenters. The number of benzene rings is 1. The number of nitrogens with zero attached hydrogens (tertiary/aromatic N) is 2. The normalized spacial score (nSPS) is 17.4. The average molecular weight is 419 g/mol. The van der Waals surface area contributed by atoms with Crippen LogP contribution in [0.2, 0.25) is 0 Å². The molecule has 2 aliphatic rings. The lowest BCUT2D eigenvalue weighted by Crippen LogP contribution is -2.28. The average Bonchev–Trinajstić information content (AvgIpc) is 3.44. The monoisotopic (exact) mass is 419 g/mol. The predicted molar refractivity (Wildman–Crippen MR) is 115 cm³/mol. The molecular weight excluding hydrogens is 394 g/mol. The number of hydrogen-bond donors (Lipinski definition) is 3. The topological polar surface area (TPSA) is 109 Å². The van der Waals surface area contributed by atoms with Crippen LogP contribution in [0.3, 0.4) is 0 Å². The maximum atomic E-state index is 12.4. The Morgan fingerprint density at radius 2 is 2.13 bits per heavy atom. The van der Waals surface area contributed by atoms with Crippen LogP contribution in [0.5, 0.6) is 11.6 Å². The molecule has 5 rings (SSSR count). The largest absolute Gasteiger partial charge is 0.437 e. The van der Waals surface area contributed by atoms with Crippen LogP contribution in [-0.2, 0) is 11.2 Å². The van der Waals surface area contributed by atoms with Crippen LogP contribution in [0.15, 0.2) is 30.6 Å². The van der Waals surface area contributed by atoms with Gasteiger partial charge in [0.15, 0.2) is 5.65 Å². The molecule has 3 aromatic rings. The lowest BCUT2D eigenvalue weighted by molar-refractivity contribution is -0.123. The number of carbonyl (C=O) groups excluding carboxylic acids is 2. The molecular formula is C23H25N5O3. The van der Waals surface area contributed by atoms with E-state index >= 15 is 0 Å². The van der Waals surface area contributed by atoms with E-state index in [1.54, 1.807) is 6.20 Å². The molecule has 2 aromatic heterocycles. The van der Waals surface area contributed by atoms with Gasteiger partial charge in [0.1, 0.15) is 11.3 Å². The highest BCUT2D eigenvalue weighted by Gasteiger charge is 2.33. The van der Waals surface area contributed by atoms with E-state index in [2.05, 4.69) is 25.6 Å². The summed E-state index contributed by atoms with van der Waals surface area (Å²) >= 11 is 0. The number of carbonyl (C=O) groups is 2. The van der Waals surface area contributed by atoms with Gasteiger partial charge in [-0.05, 0) is 55.4 Å². The first-order valence-corrected chi connectivity index (χ1v) is 10.9. The van der Waals surface area contributed by atoms with Gasteiger partial charge in [0.2, 0.25) is 11.8 Å². The Labute approximate surface area is 179 Å². The summed E-state index contributed by atoms with van der Waals surface area (Å²) < 4.78 is 5.98. The van der Waals surface area contributed by atoms with E-state index in [0.29, 0.717) is 34.9 Å². The Hall–Kier alpha value is -3.42. The first kappa shape index (κ1) is 19.5. The number of aryl methyl sites for hydroxylation is 1. The van der Waals surface area contributed by atoms with Crippen LogP contribution in [-0.4, -0.2) is 33.3 Å². The zero-order chi connectivity index (χ0) is 21.4. The van der Waals surface area contributed by atoms with Gasteiger partial charge in [0.25, 0.3) is 5.91 Å². The van der Waals surface area contributed by atoms with E-state index < -0.39 is 0 Å². The van der Waals surface area contributed by atoms with Crippen molar-refractivity contribution < 1.29 is 14.3 Å². The number of ether oxygens (including phenoxy) is 1. The molecule has 0 aliphatic heterocycles. The molecule has 8 nitrogen and oxygen atoms in total. The van der Waals surface area contributed by atoms with Crippen molar-refractivity contribution in [3.63, 3.8) is 0 Å². The van der Waals surface area contributed by atoms with Gasteiger partial charge >= 0.3 is 0 Å². The third kappa shape index (κ3) is 3.97. The molecule has 0 bridgehead atoms. The molecule has 31 heavy (non-hydrogen) atoms. The van der Waals surface area contributed by atoms with Gasteiger partial charge in [0, 0.05) is 18.7 Å². The molecule has 0 saturated heterocycles. The Kier molecular flexibility index (Phi) is 5.05. The molecule has 1 atom stereocenters. The number of aromatic nitrogens is 3. The standard InChI is InChI=1S/C23H25N5O3/c1-2-9-24-23(30)17-11-25-21-20(17)28-19(12-26-21)31-15-7-5-13-6-8-18(16(13)10-15)27-22(29)14-3-4-14/h5,7,10-12,14,18H,2-4,6,8-9H2,1H3,(H,24,30)(H,25,26)(H,27,29)/t18-/m1/s1. The van der Waals surface area contributed by atoms with E-state index in [1.165, 1.54) is 11.8 Å². The van der Waals surface area contributed by atoms with Crippen LogP contribution < -0.4 is 15.4 Å². The first-order valence-electron chi connectivity index (χ1n) is 10.9. The fourth-order valence-electron chi connectivity index (χ4n) is 3.98. The highest BCUT2D eigenvalue weighted by Crippen LogP contribution is 2.37. The minimum atomic E-state index is -0.189. The second-order valence-electron chi connectivity index (χ2n) is 8.20. The molecule has 0 radical (unpaired) electrons. The van der Waals surface area contributed by atoms with E-state index in [-0.39, 0.29) is 23.8 Å². The summed E-state index contributed by atoms with van der Waals surface area (Å²) in [5.74, 6) is 1.10. The molecule has 2 aliphatic carbocycles. The summed E-state index contributed by atoms with van der Waals surface area (Å²) in [6.45, 7) is 2.60. The van der Waals surface area contributed by atoms with Crippen LogP contribution in [0.1, 0.15) is 60.1 Å². The van der Waals surface area contributed by atoms with Gasteiger partial charge < -0.3 is 20.4 Å². The maximum Gasteiger partial charge on any atom is 0.255 e. The zero-order valence-corrected chi connectivity index (χ0v) is 17.4. The summed E-state index contributed by atoms with van der Waals surface area (Å²) in [4.78, 5) is 36.4. The number of H-pyrrole nitrogens is 1. The third-order valence-electron chi connectivity index (χ3n) is 5.82. The van der Waals surface area contributed by atoms with Gasteiger partial charge in [-0.25, -0.2) is 9.97 Å². The van der Waals surface area contributed by atoms with E-state index in [0.717, 1.165) is 37.7 Å². The van der Waals surface area contributed by atoms with Crippen LogP contribution in [0.4, 0.5) is 0 Å². The number of fused-ring (bicyclic) bond motifs is 2. The van der Waals surface area contributed by atoms with Gasteiger partial charge in [-0.1, -0.05) is 13.0 Å². The molecule has 2 amide bonds. The molecule has 8 heteroatoms. The Balaban J connectivity index is 1.36. The number of hydrogen-bond acceptors (Lipinski definition) is 5. The minimum Gasteiger partial charge on any atom is -0.437 e. The Morgan fingerprint density at radius 1 is 1.26 bits per heavy atom. The van der Waals surface area contributed by atoms with E-state index in [1.807, 2.05) is 25.1 Å². The first-order chi connectivity index (χ1) is 15.1. The predicted octanol–water partition coefficient (Wildman–Crippen LogP) is 3.40.